The van der Waals surface area contributed by atoms with Crippen LogP contribution in [0, 0.1) is 12.8 Å². The predicted molar refractivity (Wildman–Crippen MR) is 79.4 cm³/mol. The number of benzene rings is 1. The van der Waals surface area contributed by atoms with Crippen LogP contribution in [0.25, 0.3) is 10.9 Å². The molecule has 1 N–H and O–H groups in total. The van der Waals surface area contributed by atoms with Gasteiger partial charge < -0.3 is 9.88 Å². The van der Waals surface area contributed by atoms with Crippen LogP contribution >= 0.6 is 0 Å². The van der Waals surface area contributed by atoms with E-state index in [1.807, 2.05) is 0 Å². The fourth-order valence-corrected chi connectivity index (χ4v) is 3.89. The van der Waals surface area contributed by atoms with Crippen LogP contribution in [0.2, 0.25) is 0 Å². The van der Waals surface area contributed by atoms with Gasteiger partial charge in [0, 0.05) is 36.1 Å². The summed E-state index contributed by atoms with van der Waals surface area (Å²) >= 11 is 0. The van der Waals surface area contributed by atoms with Gasteiger partial charge in [-0.15, -0.1) is 0 Å². The summed E-state index contributed by atoms with van der Waals surface area (Å²) in [5, 5.41) is 1.44. The van der Waals surface area contributed by atoms with Gasteiger partial charge in [-0.2, -0.15) is 0 Å². The number of fused-ring (bicyclic) bond motifs is 5. The summed E-state index contributed by atoms with van der Waals surface area (Å²) in [6.07, 6.45) is 7.16. The Balaban J connectivity index is 1.95. The van der Waals surface area contributed by atoms with E-state index in [1.165, 1.54) is 41.5 Å². The molecule has 2 nitrogen and oxygen atoms in total. The van der Waals surface area contributed by atoms with Crippen LogP contribution < -0.4 is 0 Å². The molecular weight excluding hydrogens is 232 g/mol. The lowest BCUT2D eigenvalue weighted by atomic mass is 9.75. The fourth-order valence-electron chi connectivity index (χ4n) is 3.89. The molecule has 0 bridgehead atoms. The molecule has 2 heterocycles. The molecule has 0 radical (unpaired) electrons. The van der Waals surface area contributed by atoms with Crippen molar-refractivity contribution in [2.75, 3.05) is 13.6 Å². The maximum atomic E-state index is 3.68. The number of aryl methyl sites for hydroxylation is 2. The number of nitrogens with zero attached hydrogens (tertiary/aromatic N) is 1. The zero-order valence-corrected chi connectivity index (χ0v) is 11.6. The maximum absolute atomic E-state index is 3.68. The quantitative estimate of drug-likeness (QED) is 0.759. The number of H-pyrrole nitrogens is 1. The summed E-state index contributed by atoms with van der Waals surface area (Å²) in [5.41, 5.74) is 5.75. The average molecular weight is 252 g/mol. The van der Waals surface area contributed by atoms with Gasteiger partial charge in [-0.3, -0.25) is 0 Å². The van der Waals surface area contributed by atoms with Crippen LogP contribution in [-0.4, -0.2) is 23.5 Å². The van der Waals surface area contributed by atoms with Crippen LogP contribution in [0.4, 0.5) is 0 Å². The van der Waals surface area contributed by atoms with Gasteiger partial charge in [0.1, 0.15) is 0 Å². The smallest absolute Gasteiger partial charge is 0.0488 e. The molecule has 0 unspecified atom stereocenters. The van der Waals surface area contributed by atoms with Crippen molar-refractivity contribution >= 4 is 10.9 Å². The first kappa shape index (κ1) is 11.2. The van der Waals surface area contributed by atoms with Crippen molar-refractivity contribution in [3.63, 3.8) is 0 Å². The Bertz CT molecular complexity index is 665. The Kier molecular flexibility index (Phi) is 2.29. The Labute approximate surface area is 114 Å². The lowest BCUT2D eigenvalue weighted by Gasteiger charge is -2.36. The first-order chi connectivity index (χ1) is 9.24. The molecule has 0 fully saturated rings. The molecule has 4 rings (SSSR count). The average Bonchev–Trinajstić information content (AvgIpc) is 2.79. The minimum absolute atomic E-state index is 0.607. The lowest BCUT2D eigenvalue weighted by Crippen LogP contribution is -2.32. The second-order valence-corrected chi connectivity index (χ2v) is 6.12. The number of hydrogen-bond acceptors (Lipinski definition) is 1. The number of para-hydroxylation sites is 1. The molecule has 98 valence electrons. The minimum Gasteiger partial charge on any atom is -0.380 e. The number of aromatic amines is 1. The van der Waals surface area contributed by atoms with Gasteiger partial charge in [0.15, 0.2) is 0 Å². The van der Waals surface area contributed by atoms with Crippen molar-refractivity contribution in [1.82, 2.24) is 9.88 Å². The Morgan fingerprint density at radius 2 is 2.21 bits per heavy atom. The number of aromatic nitrogens is 1. The van der Waals surface area contributed by atoms with Crippen molar-refractivity contribution in [3.8, 4) is 0 Å². The van der Waals surface area contributed by atoms with Crippen LogP contribution in [0.5, 0.6) is 0 Å². The largest absolute Gasteiger partial charge is 0.380 e. The number of allylic oxidation sites excluding steroid dienone is 1. The minimum atomic E-state index is 0.607. The van der Waals surface area contributed by atoms with E-state index in [4.69, 9.17) is 0 Å². The second kappa shape index (κ2) is 3.89. The molecule has 1 aliphatic carbocycles. The van der Waals surface area contributed by atoms with Crippen LogP contribution in [0.15, 0.2) is 30.5 Å². The van der Waals surface area contributed by atoms with Crippen molar-refractivity contribution in [2.45, 2.75) is 25.7 Å². The highest BCUT2D eigenvalue weighted by molar-refractivity contribution is 5.88. The van der Waals surface area contributed by atoms with Crippen molar-refractivity contribution < 1.29 is 0 Å². The number of rotatable bonds is 0. The Morgan fingerprint density at radius 1 is 1.32 bits per heavy atom. The summed E-state index contributed by atoms with van der Waals surface area (Å²) in [7, 11) is 2.18. The van der Waals surface area contributed by atoms with Gasteiger partial charge in [0.05, 0.1) is 0 Å². The molecule has 0 spiro atoms. The lowest BCUT2D eigenvalue weighted by molar-refractivity contribution is 0.284. The normalized spacial score (nSPS) is 25.5. The third-order valence-corrected chi connectivity index (χ3v) is 4.84. The molecular formula is C17H20N2. The zero-order valence-electron chi connectivity index (χ0n) is 11.6. The molecule has 0 saturated carbocycles. The Morgan fingerprint density at radius 3 is 3.11 bits per heavy atom. The topological polar surface area (TPSA) is 19.0 Å². The summed E-state index contributed by atoms with van der Waals surface area (Å²) in [4.78, 5) is 6.01. The third kappa shape index (κ3) is 1.55. The van der Waals surface area contributed by atoms with E-state index in [1.54, 1.807) is 5.56 Å². The number of nitrogens with one attached hydrogen (secondary N) is 1. The van der Waals surface area contributed by atoms with Crippen molar-refractivity contribution in [2.24, 2.45) is 5.92 Å². The van der Waals surface area contributed by atoms with E-state index in [9.17, 15) is 0 Å². The first-order valence-corrected chi connectivity index (χ1v) is 7.22. The number of hydrogen-bond donors (Lipinski definition) is 1. The SMILES string of the molecule is Cc1cccc2c3c([nH]c12)CC[C@H]1CN(C)C=C[C@H]31. The van der Waals surface area contributed by atoms with Crippen molar-refractivity contribution in [1.29, 1.82) is 0 Å². The summed E-state index contributed by atoms with van der Waals surface area (Å²) in [5.74, 6) is 1.39. The van der Waals surface area contributed by atoms with Gasteiger partial charge in [-0.1, -0.05) is 24.3 Å². The molecule has 0 amide bonds. The summed E-state index contributed by atoms with van der Waals surface area (Å²) < 4.78 is 0. The summed E-state index contributed by atoms with van der Waals surface area (Å²) in [6.45, 7) is 3.39. The molecule has 2 aliphatic rings. The molecule has 19 heavy (non-hydrogen) atoms. The third-order valence-electron chi connectivity index (χ3n) is 4.84. The van der Waals surface area contributed by atoms with Crippen LogP contribution in [0.3, 0.4) is 0 Å². The van der Waals surface area contributed by atoms with Crippen molar-refractivity contribution in [3.05, 3.63) is 47.3 Å². The molecule has 2 aromatic rings. The van der Waals surface area contributed by atoms with Crippen LogP contribution in [-0.2, 0) is 6.42 Å². The zero-order chi connectivity index (χ0) is 13.0. The second-order valence-electron chi connectivity index (χ2n) is 6.12. The first-order valence-electron chi connectivity index (χ1n) is 7.22. The Hall–Kier alpha value is -1.70. The van der Waals surface area contributed by atoms with E-state index in [0.29, 0.717) is 5.92 Å². The van der Waals surface area contributed by atoms with Crippen LogP contribution in [0.1, 0.15) is 29.2 Å². The van der Waals surface area contributed by atoms with E-state index in [-0.39, 0.29) is 0 Å². The van der Waals surface area contributed by atoms with Gasteiger partial charge in [0.25, 0.3) is 0 Å². The molecule has 1 aromatic carbocycles. The highest BCUT2D eigenvalue weighted by Gasteiger charge is 2.33. The van der Waals surface area contributed by atoms with E-state index < -0.39 is 0 Å². The standard InChI is InChI=1S/C17H20N2/c1-11-4-3-5-14-16-13-8-9-19(2)10-12(13)6-7-15(16)18-17(11)14/h3-5,8-9,12-13,18H,6-7,10H2,1-2H3/t12-,13-/m0/s1. The molecule has 2 atom stereocenters. The highest BCUT2D eigenvalue weighted by atomic mass is 15.1. The van der Waals surface area contributed by atoms with Gasteiger partial charge in [-0.25, -0.2) is 0 Å². The molecule has 2 heteroatoms. The van der Waals surface area contributed by atoms with E-state index in [2.05, 4.69) is 54.3 Å². The monoisotopic (exact) mass is 252 g/mol. The van der Waals surface area contributed by atoms with E-state index >= 15 is 0 Å². The predicted octanol–water partition coefficient (Wildman–Crippen LogP) is 3.58. The van der Waals surface area contributed by atoms with E-state index in [0.717, 1.165) is 5.92 Å². The maximum Gasteiger partial charge on any atom is 0.0488 e. The molecule has 0 saturated heterocycles. The molecule has 1 aliphatic heterocycles. The molecule has 1 aromatic heterocycles. The van der Waals surface area contributed by atoms with Gasteiger partial charge in [0.2, 0.25) is 0 Å². The highest BCUT2D eigenvalue weighted by Crippen LogP contribution is 2.43. The van der Waals surface area contributed by atoms with Gasteiger partial charge >= 0.3 is 0 Å². The van der Waals surface area contributed by atoms with Gasteiger partial charge in [-0.05, 0) is 43.0 Å². The fraction of sp³-hybridized carbons (Fsp3) is 0.412. The summed E-state index contributed by atoms with van der Waals surface area (Å²) in [6, 6.07) is 6.67.